The lowest BCUT2D eigenvalue weighted by atomic mass is 9.97. The van der Waals surface area contributed by atoms with Crippen molar-refractivity contribution < 1.29 is 25.2 Å². The summed E-state index contributed by atoms with van der Waals surface area (Å²) in [5.41, 5.74) is 5.71. The second kappa shape index (κ2) is 13.8. The third-order valence-electron chi connectivity index (χ3n) is 5.64. The number of hydrogen-bond acceptors (Lipinski definition) is 4. The minimum Gasteiger partial charge on any atom is -0.381 e. The van der Waals surface area contributed by atoms with Crippen molar-refractivity contribution in [2.45, 2.75) is 57.8 Å². The Labute approximate surface area is 211 Å². The highest BCUT2D eigenvalue weighted by molar-refractivity contribution is 6.30. The second-order valence-corrected chi connectivity index (χ2v) is 9.34. The van der Waals surface area contributed by atoms with Gasteiger partial charge in [-0.05, 0) is 42.5 Å². The highest BCUT2D eigenvalue weighted by Gasteiger charge is 2.33. The summed E-state index contributed by atoms with van der Waals surface area (Å²) in [6.07, 6.45) is -0.836. The first-order chi connectivity index (χ1) is 16.6. The average Bonchev–Trinajstić information content (AvgIpc) is 2.83. The highest BCUT2D eigenvalue weighted by Crippen LogP contribution is 2.13. The predicted molar refractivity (Wildman–Crippen MR) is 135 cm³/mol. The van der Waals surface area contributed by atoms with Crippen LogP contribution in [-0.2, 0) is 27.2 Å². The predicted octanol–water partition coefficient (Wildman–Crippen LogP) is 0.858. The van der Waals surface area contributed by atoms with Crippen molar-refractivity contribution in [1.29, 1.82) is 0 Å². The van der Waals surface area contributed by atoms with Gasteiger partial charge in [0.2, 0.25) is 5.91 Å². The number of hydrogen-bond donors (Lipinski definition) is 5. The van der Waals surface area contributed by atoms with Crippen LogP contribution < -0.4 is 21.7 Å². The van der Waals surface area contributed by atoms with Crippen molar-refractivity contribution in [2.24, 2.45) is 5.92 Å². The number of likely N-dealkylation sites (N-methyl/N-ethyl adjacent to an activating group) is 1. The molecule has 4 atom stereocenters. The summed E-state index contributed by atoms with van der Waals surface area (Å²) in [6, 6.07) is 14.1. The summed E-state index contributed by atoms with van der Waals surface area (Å²) in [6.45, 7) is 5.71. The Hall–Kier alpha value is -2.94. The molecule has 0 aromatic heterocycles. The molecule has 190 valence electrons. The number of aliphatic hydroxyl groups is 1. The molecule has 0 aliphatic rings. The van der Waals surface area contributed by atoms with Gasteiger partial charge < -0.3 is 26.8 Å². The Kier molecular flexibility index (Phi) is 11.2. The van der Waals surface area contributed by atoms with Crippen LogP contribution in [0, 0.1) is 5.92 Å². The van der Waals surface area contributed by atoms with Crippen molar-refractivity contribution in [3.8, 4) is 0 Å². The maximum absolute atomic E-state index is 13.2. The van der Waals surface area contributed by atoms with Crippen LogP contribution in [0.25, 0.3) is 0 Å². The number of quaternary nitrogens is 1. The fraction of sp³-hybridized carbons (Fsp3) is 0.423. The lowest BCUT2D eigenvalue weighted by molar-refractivity contribution is -0.403. The van der Waals surface area contributed by atoms with Gasteiger partial charge in [-0.3, -0.25) is 14.4 Å². The molecule has 8 nitrogen and oxygen atoms in total. The first-order valence-electron chi connectivity index (χ1n) is 11.8. The van der Waals surface area contributed by atoms with Gasteiger partial charge in [0.1, 0.15) is 6.04 Å². The summed E-state index contributed by atoms with van der Waals surface area (Å²) in [5, 5.41) is 19.4. The van der Waals surface area contributed by atoms with Crippen molar-refractivity contribution in [3.05, 3.63) is 70.7 Å². The SMILES string of the molecule is CCNC(=O)C(O)[C@H](Cc1ccc(Cl)cc1)NC(=O)[C@@H](NC(=O)[C@@H]([NH3+])Cc1ccccc1)C(C)C. The van der Waals surface area contributed by atoms with Gasteiger partial charge in [-0.25, -0.2) is 0 Å². The number of halogens is 1. The Morgan fingerprint density at radius 2 is 1.49 bits per heavy atom. The number of amides is 3. The molecule has 35 heavy (non-hydrogen) atoms. The zero-order valence-electron chi connectivity index (χ0n) is 20.5. The van der Waals surface area contributed by atoms with Crippen LogP contribution in [0.15, 0.2) is 54.6 Å². The number of carbonyl (C=O) groups is 3. The molecule has 2 aromatic rings. The maximum Gasteiger partial charge on any atom is 0.279 e. The molecule has 0 fully saturated rings. The molecule has 2 aromatic carbocycles. The van der Waals surface area contributed by atoms with E-state index in [1.807, 2.05) is 44.2 Å². The van der Waals surface area contributed by atoms with Gasteiger partial charge in [0.05, 0.1) is 6.04 Å². The Morgan fingerprint density at radius 1 is 0.886 bits per heavy atom. The van der Waals surface area contributed by atoms with E-state index in [9.17, 15) is 19.5 Å². The fourth-order valence-electron chi connectivity index (χ4n) is 3.65. The van der Waals surface area contributed by atoms with Crippen LogP contribution in [0.1, 0.15) is 31.9 Å². The highest BCUT2D eigenvalue weighted by atomic mass is 35.5. The summed E-state index contributed by atoms with van der Waals surface area (Å²) in [4.78, 5) is 38.4. The number of rotatable bonds is 12. The molecule has 9 heteroatoms. The van der Waals surface area contributed by atoms with Gasteiger partial charge in [0.15, 0.2) is 12.1 Å². The average molecular weight is 504 g/mol. The van der Waals surface area contributed by atoms with E-state index in [0.717, 1.165) is 11.1 Å². The van der Waals surface area contributed by atoms with E-state index in [2.05, 4.69) is 21.7 Å². The Morgan fingerprint density at radius 3 is 2.06 bits per heavy atom. The first-order valence-corrected chi connectivity index (χ1v) is 12.2. The van der Waals surface area contributed by atoms with Crippen LogP contribution in [0.3, 0.4) is 0 Å². The molecule has 3 amide bonds. The normalized spacial score (nSPS) is 14.5. The van der Waals surface area contributed by atoms with Crippen LogP contribution in [0.5, 0.6) is 0 Å². The molecule has 1 unspecified atom stereocenters. The lowest BCUT2D eigenvalue weighted by Crippen LogP contribution is -2.70. The van der Waals surface area contributed by atoms with Crippen LogP contribution >= 0.6 is 11.6 Å². The summed E-state index contributed by atoms with van der Waals surface area (Å²) >= 11 is 5.96. The van der Waals surface area contributed by atoms with E-state index in [1.54, 1.807) is 31.2 Å². The van der Waals surface area contributed by atoms with Crippen molar-refractivity contribution in [2.75, 3.05) is 6.54 Å². The van der Waals surface area contributed by atoms with E-state index in [0.29, 0.717) is 18.0 Å². The number of benzene rings is 2. The van der Waals surface area contributed by atoms with Gasteiger partial charge in [-0.1, -0.05) is 67.9 Å². The van der Waals surface area contributed by atoms with Gasteiger partial charge in [0.25, 0.3) is 11.8 Å². The molecular formula is C26H36ClN4O4+. The summed E-state index contributed by atoms with van der Waals surface area (Å²) in [5.74, 6) is -1.65. The molecule has 0 saturated carbocycles. The molecule has 0 aliphatic carbocycles. The molecule has 0 bridgehead atoms. The van der Waals surface area contributed by atoms with Gasteiger partial charge in [-0.2, -0.15) is 0 Å². The molecular weight excluding hydrogens is 468 g/mol. The smallest absolute Gasteiger partial charge is 0.279 e. The van der Waals surface area contributed by atoms with E-state index in [1.165, 1.54) is 0 Å². The van der Waals surface area contributed by atoms with Crippen molar-refractivity contribution in [1.82, 2.24) is 16.0 Å². The van der Waals surface area contributed by atoms with Gasteiger partial charge >= 0.3 is 0 Å². The fourth-order valence-corrected chi connectivity index (χ4v) is 3.77. The van der Waals surface area contributed by atoms with Crippen molar-refractivity contribution >= 4 is 29.3 Å². The number of carbonyl (C=O) groups excluding carboxylic acids is 3. The van der Waals surface area contributed by atoms with E-state index in [-0.39, 0.29) is 18.2 Å². The molecule has 2 rings (SSSR count). The molecule has 0 radical (unpaired) electrons. The third kappa shape index (κ3) is 8.98. The Balaban J connectivity index is 2.14. The third-order valence-corrected chi connectivity index (χ3v) is 5.89. The molecule has 7 N–H and O–H groups in total. The van der Waals surface area contributed by atoms with Gasteiger partial charge in [-0.15, -0.1) is 0 Å². The monoisotopic (exact) mass is 503 g/mol. The van der Waals surface area contributed by atoms with E-state index < -0.39 is 36.0 Å². The van der Waals surface area contributed by atoms with Gasteiger partial charge in [0, 0.05) is 18.0 Å². The zero-order chi connectivity index (χ0) is 26.0. The van der Waals surface area contributed by atoms with Crippen LogP contribution in [0.2, 0.25) is 5.02 Å². The minimum absolute atomic E-state index is 0.200. The molecule has 0 aliphatic heterocycles. The van der Waals surface area contributed by atoms with Crippen LogP contribution in [0.4, 0.5) is 0 Å². The minimum atomic E-state index is -1.48. The maximum atomic E-state index is 13.2. The molecule has 0 spiro atoms. The molecule has 0 heterocycles. The topological polar surface area (TPSA) is 135 Å². The number of nitrogens with one attached hydrogen (secondary N) is 3. The Bertz CT molecular complexity index is 969. The van der Waals surface area contributed by atoms with Crippen molar-refractivity contribution in [3.63, 3.8) is 0 Å². The zero-order valence-corrected chi connectivity index (χ0v) is 21.2. The second-order valence-electron chi connectivity index (χ2n) is 8.90. The van der Waals surface area contributed by atoms with E-state index >= 15 is 0 Å². The summed E-state index contributed by atoms with van der Waals surface area (Å²) < 4.78 is 0. The quantitative estimate of drug-likeness (QED) is 0.293. The van der Waals surface area contributed by atoms with E-state index in [4.69, 9.17) is 11.6 Å². The lowest BCUT2D eigenvalue weighted by Gasteiger charge is -2.28. The first kappa shape index (κ1) is 28.3. The summed E-state index contributed by atoms with van der Waals surface area (Å²) in [7, 11) is 0. The molecule has 0 saturated heterocycles. The largest absolute Gasteiger partial charge is 0.381 e. The van der Waals surface area contributed by atoms with Crippen LogP contribution in [-0.4, -0.2) is 53.6 Å². The standard InChI is InChI=1S/C26H35ClN4O4/c1-4-29-26(35)23(32)21(15-18-10-12-19(27)13-11-18)30-25(34)22(16(2)3)31-24(33)20(28)14-17-8-6-5-7-9-17/h5-13,16,20-23,32H,4,14-15,28H2,1-3H3,(H,29,35)(H,30,34)(H,31,33)/p+1/t20-,21-,22-,23?/m0/s1. The number of aliphatic hydroxyl groups excluding tert-OH is 1.